The molecule has 2 fully saturated rings. The van der Waals surface area contributed by atoms with E-state index < -0.39 is 0 Å². The van der Waals surface area contributed by atoms with Crippen LogP contribution in [0.1, 0.15) is 25.7 Å². The predicted octanol–water partition coefficient (Wildman–Crippen LogP) is 4.10. The highest BCUT2D eigenvalue weighted by Crippen LogP contribution is 2.33. The number of thioether (sulfide) groups is 1. The van der Waals surface area contributed by atoms with Crippen LogP contribution in [-0.4, -0.2) is 41.6 Å². The molecule has 6 heteroatoms. The number of nitrogens with zero attached hydrogens (tertiary/aromatic N) is 1. The van der Waals surface area contributed by atoms with Crippen molar-refractivity contribution in [3.8, 4) is 0 Å². The van der Waals surface area contributed by atoms with Gasteiger partial charge in [0.1, 0.15) is 0 Å². The van der Waals surface area contributed by atoms with Gasteiger partial charge in [-0.2, -0.15) is 0 Å². The fourth-order valence-corrected chi connectivity index (χ4v) is 4.90. The second kappa shape index (κ2) is 8.11. The normalized spacial score (nSPS) is 17.9. The van der Waals surface area contributed by atoms with Crippen LogP contribution in [0, 0.1) is 5.92 Å². The van der Waals surface area contributed by atoms with Crippen LogP contribution in [0.3, 0.4) is 0 Å². The van der Waals surface area contributed by atoms with Crippen molar-refractivity contribution in [1.82, 2.24) is 10.2 Å². The minimum atomic E-state index is 0.149. The highest BCUT2D eigenvalue weighted by Gasteiger charge is 2.32. The van der Waals surface area contributed by atoms with Gasteiger partial charge in [-0.15, -0.1) is 11.8 Å². The van der Waals surface area contributed by atoms with Crippen molar-refractivity contribution in [2.45, 2.75) is 36.6 Å². The number of hydrogen-bond acceptors (Lipinski definition) is 3. The lowest BCUT2D eigenvalue weighted by atomic mass is 10.0. The molecule has 1 saturated carbocycles. The average molecular weight is 403 g/mol. The molecule has 2 amide bonds. The minimum absolute atomic E-state index is 0.149. The largest absolute Gasteiger partial charge is 0.353 e. The molecule has 27 heavy (non-hydrogen) atoms. The molecule has 0 aromatic heterocycles. The lowest BCUT2D eigenvalue weighted by molar-refractivity contribution is -0.129. The third-order valence-corrected chi connectivity index (χ3v) is 6.67. The first-order chi connectivity index (χ1) is 13.1. The van der Waals surface area contributed by atoms with Crippen molar-refractivity contribution < 1.29 is 9.59 Å². The van der Waals surface area contributed by atoms with E-state index in [-0.39, 0.29) is 23.8 Å². The average Bonchev–Trinajstić information content (AvgIpc) is 3.52. The number of halogens is 1. The highest BCUT2D eigenvalue weighted by molar-refractivity contribution is 8.00. The molecule has 0 bridgehead atoms. The van der Waals surface area contributed by atoms with Gasteiger partial charge in [-0.1, -0.05) is 35.9 Å². The standard InChI is InChI=1S/C21H23ClN2O2S/c22-17-5-1-3-14-4-2-6-18(20(14)17)27-13-19(25)24-11-9-16(10-12-24)23-21(26)15-7-8-15/h1-6,15-16H,7-13H2,(H,23,26). The number of carbonyl (C=O) groups excluding carboxylic acids is 2. The fraction of sp³-hybridized carbons (Fsp3) is 0.429. The number of likely N-dealkylation sites (tertiary alicyclic amines) is 1. The molecule has 2 aromatic rings. The van der Waals surface area contributed by atoms with Crippen LogP contribution in [0.25, 0.3) is 10.8 Å². The summed E-state index contributed by atoms with van der Waals surface area (Å²) in [5.74, 6) is 0.997. The van der Waals surface area contributed by atoms with Gasteiger partial charge in [0.15, 0.2) is 0 Å². The summed E-state index contributed by atoms with van der Waals surface area (Å²) >= 11 is 7.91. The number of rotatable bonds is 5. The molecule has 0 spiro atoms. The monoisotopic (exact) mass is 402 g/mol. The zero-order valence-corrected chi connectivity index (χ0v) is 16.7. The fourth-order valence-electron chi connectivity index (χ4n) is 3.55. The Labute approximate surface area is 168 Å². The summed E-state index contributed by atoms with van der Waals surface area (Å²) in [5, 5.41) is 5.95. The van der Waals surface area contributed by atoms with E-state index in [1.54, 1.807) is 11.8 Å². The maximum atomic E-state index is 12.6. The van der Waals surface area contributed by atoms with Crippen LogP contribution in [-0.2, 0) is 9.59 Å². The van der Waals surface area contributed by atoms with Crippen molar-refractivity contribution in [2.24, 2.45) is 5.92 Å². The summed E-state index contributed by atoms with van der Waals surface area (Å²) in [4.78, 5) is 27.5. The van der Waals surface area contributed by atoms with Crippen LogP contribution in [0.15, 0.2) is 41.3 Å². The molecule has 142 valence electrons. The van der Waals surface area contributed by atoms with Gasteiger partial charge in [-0.3, -0.25) is 9.59 Å². The maximum absolute atomic E-state index is 12.6. The molecule has 2 aromatic carbocycles. The SMILES string of the molecule is O=C(NC1CCN(C(=O)CSc2cccc3cccc(Cl)c23)CC1)C1CC1. The van der Waals surface area contributed by atoms with E-state index in [1.165, 1.54) is 0 Å². The van der Waals surface area contributed by atoms with Crippen molar-refractivity contribution >= 4 is 45.9 Å². The summed E-state index contributed by atoms with van der Waals surface area (Å²) in [6, 6.07) is 12.1. The van der Waals surface area contributed by atoms with Gasteiger partial charge in [0.05, 0.1) is 5.75 Å². The van der Waals surface area contributed by atoms with E-state index in [1.807, 2.05) is 41.3 Å². The molecule has 1 aliphatic heterocycles. The van der Waals surface area contributed by atoms with Crippen molar-refractivity contribution in [3.05, 3.63) is 41.4 Å². The first-order valence-electron chi connectivity index (χ1n) is 9.50. The lowest BCUT2D eigenvalue weighted by Crippen LogP contribution is -2.47. The van der Waals surface area contributed by atoms with Crippen LogP contribution < -0.4 is 5.32 Å². The minimum Gasteiger partial charge on any atom is -0.353 e. The van der Waals surface area contributed by atoms with Crippen molar-refractivity contribution in [1.29, 1.82) is 0 Å². The van der Waals surface area contributed by atoms with Crippen LogP contribution in [0.4, 0.5) is 0 Å². The number of amides is 2. The van der Waals surface area contributed by atoms with Gasteiger partial charge in [0.2, 0.25) is 11.8 Å². The van der Waals surface area contributed by atoms with E-state index in [4.69, 9.17) is 11.6 Å². The van der Waals surface area contributed by atoms with Gasteiger partial charge in [-0.25, -0.2) is 0 Å². The summed E-state index contributed by atoms with van der Waals surface area (Å²) < 4.78 is 0. The van der Waals surface area contributed by atoms with Gasteiger partial charge in [-0.05, 0) is 43.2 Å². The van der Waals surface area contributed by atoms with Gasteiger partial charge >= 0.3 is 0 Å². The molecule has 4 nitrogen and oxygen atoms in total. The summed E-state index contributed by atoms with van der Waals surface area (Å²) in [6.07, 6.45) is 3.74. The van der Waals surface area contributed by atoms with E-state index in [0.717, 1.165) is 46.4 Å². The van der Waals surface area contributed by atoms with Crippen molar-refractivity contribution in [2.75, 3.05) is 18.8 Å². The molecule has 1 saturated heterocycles. The predicted molar refractivity (Wildman–Crippen MR) is 110 cm³/mol. The first kappa shape index (κ1) is 18.6. The Bertz CT molecular complexity index is 855. The third-order valence-electron chi connectivity index (χ3n) is 5.31. The van der Waals surface area contributed by atoms with Gasteiger partial charge < -0.3 is 10.2 Å². The van der Waals surface area contributed by atoms with E-state index in [9.17, 15) is 9.59 Å². The number of nitrogens with one attached hydrogen (secondary N) is 1. The Balaban J connectivity index is 1.31. The molecular formula is C21H23ClN2O2S. The Morgan fingerprint density at radius 1 is 1.07 bits per heavy atom. The molecule has 0 unspecified atom stereocenters. The Morgan fingerprint density at radius 2 is 1.78 bits per heavy atom. The van der Waals surface area contributed by atoms with Crippen LogP contribution in [0.2, 0.25) is 5.02 Å². The van der Waals surface area contributed by atoms with E-state index in [2.05, 4.69) is 5.32 Å². The summed E-state index contributed by atoms with van der Waals surface area (Å²) in [5.41, 5.74) is 0. The molecular weight excluding hydrogens is 380 g/mol. The topological polar surface area (TPSA) is 49.4 Å². The number of benzene rings is 2. The molecule has 1 N–H and O–H groups in total. The molecule has 2 aliphatic rings. The number of piperidine rings is 1. The Kier molecular flexibility index (Phi) is 5.60. The van der Waals surface area contributed by atoms with E-state index in [0.29, 0.717) is 18.8 Å². The number of carbonyl (C=O) groups is 2. The third kappa shape index (κ3) is 4.41. The first-order valence-corrected chi connectivity index (χ1v) is 10.9. The zero-order valence-electron chi connectivity index (χ0n) is 15.1. The highest BCUT2D eigenvalue weighted by atomic mass is 35.5. The Morgan fingerprint density at radius 3 is 2.48 bits per heavy atom. The van der Waals surface area contributed by atoms with E-state index >= 15 is 0 Å². The number of hydrogen-bond donors (Lipinski definition) is 1. The van der Waals surface area contributed by atoms with Crippen molar-refractivity contribution in [3.63, 3.8) is 0 Å². The molecule has 0 radical (unpaired) electrons. The number of fused-ring (bicyclic) bond motifs is 1. The maximum Gasteiger partial charge on any atom is 0.232 e. The van der Waals surface area contributed by atoms with Gasteiger partial charge in [0.25, 0.3) is 0 Å². The molecule has 4 rings (SSSR count). The zero-order chi connectivity index (χ0) is 18.8. The van der Waals surface area contributed by atoms with Crippen LogP contribution in [0.5, 0.6) is 0 Å². The summed E-state index contributed by atoms with van der Waals surface area (Å²) in [7, 11) is 0. The van der Waals surface area contributed by atoms with Gasteiger partial charge in [0, 0.05) is 40.4 Å². The second-order valence-corrected chi connectivity index (χ2v) is 8.75. The molecule has 1 heterocycles. The van der Waals surface area contributed by atoms with Crippen LogP contribution >= 0.6 is 23.4 Å². The quantitative estimate of drug-likeness (QED) is 0.766. The smallest absolute Gasteiger partial charge is 0.232 e. The molecule has 1 aliphatic carbocycles. The lowest BCUT2D eigenvalue weighted by Gasteiger charge is -2.32. The second-order valence-electron chi connectivity index (χ2n) is 7.32. The molecule has 0 atom stereocenters. The summed E-state index contributed by atoms with van der Waals surface area (Å²) in [6.45, 7) is 1.43. The Hall–Kier alpha value is -1.72.